The Morgan fingerprint density at radius 1 is 0.514 bits per heavy atom. The molecule has 2 heterocycles. The van der Waals surface area contributed by atoms with Crippen molar-refractivity contribution in [1.29, 1.82) is 0 Å². The van der Waals surface area contributed by atoms with Crippen molar-refractivity contribution in [3.63, 3.8) is 0 Å². The van der Waals surface area contributed by atoms with Crippen LogP contribution in [-0.2, 0) is 0 Å². The minimum absolute atomic E-state index is 0.0911. The van der Waals surface area contributed by atoms with Crippen LogP contribution in [0.5, 0.6) is 0 Å². The molecule has 2 N–H and O–H groups in total. The number of carbonyl (C=O) groups excluding carboxylic acids is 6. The van der Waals surface area contributed by atoms with Crippen LogP contribution in [0, 0.1) is 41.5 Å². The Balaban J connectivity index is 1.79. The molecule has 4 rings (SSSR count). The lowest BCUT2D eigenvalue weighted by molar-refractivity contribution is 0.0470. The largest absolute Gasteiger partial charge is 0.355 e. The van der Waals surface area contributed by atoms with Gasteiger partial charge in [0.2, 0.25) is 0 Å². The number of hydrogen-bond acceptors (Lipinski definition) is 6. The summed E-state index contributed by atoms with van der Waals surface area (Å²) >= 11 is 0. The summed E-state index contributed by atoms with van der Waals surface area (Å²) < 4.78 is 0. The molecule has 2 aliphatic heterocycles. The van der Waals surface area contributed by atoms with Crippen LogP contribution in [0.3, 0.4) is 0 Å². The Labute approximate surface area is 214 Å². The first kappa shape index (κ1) is 25.7. The van der Waals surface area contributed by atoms with Crippen molar-refractivity contribution in [1.82, 2.24) is 20.4 Å². The second-order valence-corrected chi connectivity index (χ2v) is 9.38. The molecule has 2 aromatic rings. The lowest BCUT2D eigenvalue weighted by Gasteiger charge is -2.21. The van der Waals surface area contributed by atoms with Crippen molar-refractivity contribution in [2.75, 3.05) is 20.8 Å². The Hall–Kier alpha value is -4.34. The van der Waals surface area contributed by atoms with Gasteiger partial charge in [0.25, 0.3) is 35.4 Å². The van der Waals surface area contributed by atoms with Gasteiger partial charge in [0.05, 0.1) is 22.3 Å². The van der Waals surface area contributed by atoms with E-state index in [9.17, 15) is 28.8 Å². The van der Waals surface area contributed by atoms with Crippen molar-refractivity contribution in [3.8, 4) is 0 Å². The van der Waals surface area contributed by atoms with Gasteiger partial charge in [-0.3, -0.25) is 38.6 Å². The maximum atomic E-state index is 13.5. The molecule has 0 aromatic heterocycles. The quantitative estimate of drug-likeness (QED) is 0.613. The van der Waals surface area contributed by atoms with Crippen molar-refractivity contribution < 1.29 is 28.8 Å². The zero-order valence-electron chi connectivity index (χ0n) is 22.1. The van der Waals surface area contributed by atoms with E-state index in [1.165, 1.54) is 14.1 Å². The number of nitrogens with one attached hydrogen (secondary N) is 2. The average Bonchev–Trinajstić information content (AvgIpc) is 3.26. The van der Waals surface area contributed by atoms with Gasteiger partial charge in [-0.15, -0.1) is 0 Å². The van der Waals surface area contributed by atoms with Crippen LogP contribution >= 0.6 is 0 Å². The molecular weight excluding hydrogens is 476 g/mol. The Bertz CT molecular complexity index is 1390. The van der Waals surface area contributed by atoms with E-state index in [1.54, 1.807) is 41.5 Å². The molecule has 0 unspecified atom stereocenters. The maximum absolute atomic E-state index is 13.5. The van der Waals surface area contributed by atoms with Gasteiger partial charge in [-0.1, -0.05) is 0 Å². The minimum atomic E-state index is -0.682. The van der Waals surface area contributed by atoms with Gasteiger partial charge < -0.3 is 10.6 Å². The van der Waals surface area contributed by atoms with E-state index in [0.717, 1.165) is 9.80 Å². The SMILES string of the molecule is CNC(=O)c1c(C)c(C)c2c(c1C)C(=O)N(CN1C(=O)c3c(C)c(C)c(C(=O)NC)c(C)c3C1=O)C2=O. The van der Waals surface area contributed by atoms with Crippen molar-refractivity contribution in [2.45, 2.75) is 41.5 Å². The van der Waals surface area contributed by atoms with Crippen LogP contribution in [0.4, 0.5) is 0 Å². The topological polar surface area (TPSA) is 133 Å². The molecule has 10 heteroatoms. The molecule has 0 saturated heterocycles. The second kappa shape index (κ2) is 8.65. The number of carbonyl (C=O) groups is 6. The number of rotatable bonds is 4. The lowest BCUT2D eigenvalue weighted by Crippen LogP contribution is -2.44. The fourth-order valence-electron chi connectivity index (χ4n) is 5.44. The molecule has 0 atom stereocenters. The highest BCUT2D eigenvalue weighted by atomic mass is 16.2. The van der Waals surface area contributed by atoms with E-state index in [1.807, 2.05) is 0 Å². The molecule has 192 valence electrons. The number of nitrogens with zero attached hydrogens (tertiary/aromatic N) is 2. The summed E-state index contributed by atoms with van der Waals surface area (Å²) in [5.74, 6) is -3.41. The molecule has 2 aliphatic rings. The average molecular weight is 505 g/mol. The van der Waals surface area contributed by atoms with Crippen molar-refractivity contribution in [3.05, 3.63) is 66.8 Å². The Morgan fingerprint density at radius 2 is 0.784 bits per heavy atom. The zero-order valence-corrected chi connectivity index (χ0v) is 22.1. The maximum Gasteiger partial charge on any atom is 0.263 e. The molecule has 2 aromatic carbocycles. The zero-order chi connectivity index (χ0) is 27.7. The first-order valence-electron chi connectivity index (χ1n) is 11.8. The Kier molecular flexibility index (Phi) is 6.02. The van der Waals surface area contributed by atoms with Crippen LogP contribution in [0.1, 0.15) is 95.5 Å². The van der Waals surface area contributed by atoms with E-state index >= 15 is 0 Å². The molecule has 0 aliphatic carbocycles. The second-order valence-electron chi connectivity index (χ2n) is 9.38. The first-order chi connectivity index (χ1) is 17.3. The number of benzene rings is 2. The van der Waals surface area contributed by atoms with Gasteiger partial charge >= 0.3 is 0 Å². The van der Waals surface area contributed by atoms with Crippen LogP contribution in [-0.4, -0.2) is 66.0 Å². The minimum Gasteiger partial charge on any atom is -0.355 e. The molecule has 6 amide bonds. The van der Waals surface area contributed by atoms with Crippen molar-refractivity contribution in [2.24, 2.45) is 0 Å². The van der Waals surface area contributed by atoms with E-state index < -0.39 is 30.3 Å². The highest BCUT2D eigenvalue weighted by molar-refractivity contribution is 6.26. The van der Waals surface area contributed by atoms with E-state index in [-0.39, 0.29) is 34.1 Å². The van der Waals surface area contributed by atoms with Crippen LogP contribution in [0.15, 0.2) is 0 Å². The van der Waals surface area contributed by atoms with E-state index in [0.29, 0.717) is 44.5 Å². The summed E-state index contributed by atoms with van der Waals surface area (Å²) in [5, 5.41) is 5.11. The Morgan fingerprint density at radius 3 is 1.05 bits per heavy atom. The highest BCUT2D eigenvalue weighted by Crippen LogP contribution is 2.37. The summed E-state index contributed by atoms with van der Waals surface area (Å²) in [5.41, 5.74) is 3.96. The van der Waals surface area contributed by atoms with Crippen LogP contribution in [0.2, 0.25) is 0 Å². The van der Waals surface area contributed by atoms with Crippen LogP contribution in [0.25, 0.3) is 0 Å². The normalized spacial score (nSPS) is 14.4. The molecule has 0 saturated carbocycles. The molecule has 0 spiro atoms. The van der Waals surface area contributed by atoms with Gasteiger partial charge in [0.15, 0.2) is 0 Å². The fraction of sp³-hybridized carbons (Fsp3) is 0.333. The molecule has 0 fully saturated rings. The molecule has 37 heavy (non-hydrogen) atoms. The summed E-state index contributed by atoms with van der Waals surface area (Å²) in [4.78, 5) is 80.5. The van der Waals surface area contributed by atoms with Crippen LogP contribution < -0.4 is 10.6 Å². The smallest absolute Gasteiger partial charge is 0.263 e. The van der Waals surface area contributed by atoms with Gasteiger partial charge in [-0.25, -0.2) is 0 Å². The molecule has 0 bridgehead atoms. The lowest BCUT2D eigenvalue weighted by atomic mass is 9.89. The summed E-state index contributed by atoms with van der Waals surface area (Å²) in [6.07, 6.45) is 0. The van der Waals surface area contributed by atoms with Gasteiger partial charge in [-0.05, 0) is 74.9 Å². The number of amides is 6. The molecule has 10 nitrogen and oxygen atoms in total. The monoisotopic (exact) mass is 504 g/mol. The third-order valence-electron chi connectivity index (χ3n) is 7.65. The third-order valence-corrected chi connectivity index (χ3v) is 7.65. The predicted molar refractivity (Wildman–Crippen MR) is 134 cm³/mol. The fourth-order valence-corrected chi connectivity index (χ4v) is 5.44. The summed E-state index contributed by atoms with van der Waals surface area (Å²) in [6, 6.07) is 0. The first-order valence-corrected chi connectivity index (χ1v) is 11.8. The van der Waals surface area contributed by atoms with Gasteiger partial charge in [0, 0.05) is 25.2 Å². The van der Waals surface area contributed by atoms with E-state index in [2.05, 4.69) is 10.6 Å². The van der Waals surface area contributed by atoms with Crippen molar-refractivity contribution >= 4 is 35.4 Å². The number of hydrogen-bond donors (Lipinski definition) is 2. The number of fused-ring (bicyclic) bond motifs is 2. The van der Waals surface area contributed by atoms with E-state index in [4.69, 9.17) is 0 Å². The standard InChI is InChI=1S/C27H28N4O6/c1-10-12(3)18-20(14(5)16(10)22(32)28-7)26(36)30(24(18)34)9-31-25(35)19-13(4)11(2)17(23(33)29-8)15(6)21(19)27(31)37/h9H2,1-8H3,(H,28,32)(H,29,33). The summed E-state index contributed by atoms with van der Waals surface area (Å²) in [6.45, 7) is 9.34. The molecular formula is C27H28N4O6. The molecule has 0 radical (unpaired) electrons. The highest BCUT2D eigenvalue weighted by Gasteiger charge is 2.46. The third kappa shape index (κ3) is 3.32. The van der Waals surface area contributed by atoms with Gasteiger partial charge in [-0.2, -0.15) is 0 Å². The summed E-state index contributed by atoms with van der Waals surface area (Å²) in [7, 11) is 2.96. The number of imide groups is 2. The van der Waals surface area contributed by atoms with Gasteiger partial charge in [0.1, 0.15) is 6.67 Å². The predicted octanol–water partition coefficient (Wildman–Crippen LogP) is 2.11.